The number of aromatic nitrogens is 1. The number of carbonyl (C=O) groups is 4. The Bertz CT molecular complexity index is 1580. The van der Waals surface area contributed by atoms with E-state index < -0.39 is 45.5 Å². The molecule has 2 amide bonds. The molecule has 18 heteroatoms. The first-order valence-electron chi connectivity index (χ1n) is 13.0. The van der Waals surface area contributed by atoms with Crippen molar-refractivity contribution >= 4 is 81.9 Å². The zero-order chi connectivity index (χ0) is 31.4. The van der Waals surface area contributed by atoms with Gasteiger partial charge in [0.25, 0.3) is 16.9 Å². The Labute approximate surface area is 262 Å². The molecule has 0 bridgehead atoms. The maximum atomic E-state index is 13.4. The lowest BCUT2D eigenvalue weighted by Crippen LogP contribution is -2.71. The van der Waals surface area contributed by atoms with Crippen LogP contribution in [0, 0.1) is 0 Å². The van der Waals surface area contributed by atoms with Crippen molar-refractivity contribution in [1.82, 2.24) is 15.2 Å². The average Bonchev–Trinajstić information content (AvgIpc) is 3.63. The molecule has 1 unspecified atom stereocenters. The number of carboxylic acid groups (broad SMARTS) is 2. The van der Waals surface area contributed by atoms with Crippen LogP contribution < -0.4 is 16.8 Å². The van der Waals surface area contributed by atoms with Crippen LogP contribution in [0.4, 0.5) is 5.13 Å². The normalized spacial score (nSPS) is 21.1. The number of aliphatic carboxylic acids is 2. The van der Waals surface area contributed by atoms with Gasteiger partial charge in [0, 0.05) is 35.2 Å². The Kier molecular flexibility index (Phi) is 9.33. The van der Waals surface area contributed by atoms with Gasteiger partial charge in [-0.3, -0.25) is 25.0 Å². The van der Waals surface area contributed by atoms with Crippen molar-refractivity contribution in [2.75, 3.05) is 11.5 Å². The van der Waals surface area contributed by atoms with Gasteiger partial charge < -0.3 is 26.1 Å². The number of hydrogen-bond donors (Lipinski definition) is 5. The second kappa shape index (κ2) is 13.2. The fourth-order valence-electron chi connectivity index (χ4n) is 4.59. The first-order chi connectivity index (χ1) is 21.1. The highest BCUT2D eigenvalue weighted by molar-refractivity contribution is 8.02. The molecule has 2 aromatic rings. The summed E-state index contributed by atoms with van der Waals surface area (Å²) in [6, 6.07) is 8.08. The minimum atomic E-state index is -1.45. The number of nitrogens with two attached hydrogens (primary N) is 2. The second-order valence-corrected chi connectivity index (χ2v) is 13.0. The molecule has 3 aliphatic heterocycles. The molecular weight excluding hydrogens is 633 g/mol. The van der Waals surface area contributed by atoms with E-state index >= 15 is 0 Å². The van der Waals surface area contributed by atoms with Gasteiger partial charge in [-0.05, 0) is 17.6 Å². The Balaban J connectivity index is 1.36. The third-order valence-corrected chi connectivity index (χ3v) is 9.95. The number of thioether (sulfide) groups is 2. The number of amides is 2. The van der Waals surface area contributed by atoms with Crippen LogP contribution in [0.15, 0.2) is 62.1 Å². The number of carboxylic acids is 2. The number of nitrogens with one attached hydrogen (secondary N) is 1. The molecule has 3 atom stereocenters. The van der Waals surface area contributed by atoms with Gasteiger partial charge in [0.15, 0.2) is 10.8 Å². The van der Waals surface area contributed by atoms with Crippen molar-refractivity contribution in [2.45, 2.75) is 41.2 Å². The quantitative estimate of drug-likeness (QED) is 0.0880. The molecular formula is C26H26N8O7S3. The number of fused-ring (bicyclic) bond motifs is 1. The third kappa shape index (κ3) is 6.77. The summed E-state index contributed by atoms with van der Waals surface area (Å²) in [4.78, 5) is 69.4. The molecule has 1 fully saturated rings. The minimum absolute atomic E-state index is 0.0309. The predicted molar refractivity (Wildman–Crippen MR) is 166 cm³/mol. The molecule has 4 heterocycles. The van der Waals surface area contributed by atoms with Crippen molar-refractivity contribution in [3.05, 3.63) is 58.2 Å². The smallest absolute Gasteiger partial charge is 0.352 e. The summed E-state index contributed by atoms with van der Waals surface area (Å²) in [7, 11) is 0. The Morgan fingerprint density at radius 2 is 1.95 bits per heavy atom. The largest absolute Gasteiger partial charge is 0.481 e. The molecule has 0 radical (unpaired) electrons. The fourth-order valence-corrected chi connectivity index (χ4v) is 7.90. The molecule has 1 saturated heterocycles. The number of nitrogen functional groups attached to an aromatic ring is 1. The van der Waals surface area contributed by atoms with Crippen molar-refractivity contribution in [2.24, 2.45) is 20.9 Å². The van der Waals surface area contributed by atoms with Crippen LogP contribution in [0.1, 0.15) is 24.1 Å². The van der Waals surface area contributed by atoms with Crippen LogP contribution in [0.5, 0.6) is 0 Å². The number of carbonyl (C=O) groups excluding carboxylic acids is 2. The van der Waals surface area contributed by atoms with Gasteiger partial charge in [0.2, 0.25) is 0 Å². The van der Waals surface area contributed by atoms with E-state index in [1.165, 1.54) is 29.6 Å². The van der Waals surface area contributed by atoms with E-state index in [0.717, 1.165) is 33.6 Å². The van der Waals surface area contributed by atoms with Gasteiger partial charge in [-0.1, -0.05) is 47.2 Å². The Morgan fingerprint density at radius 1 is 1.23 bits per heavy atom. The number of β-lactam (4-membered cyclic amide) rings is 1. The third-order valence-electron chi connectivity index (χ3n) is 6.61. The number of oxime groups is 1. The molecule has 1 aromatic heterocycles. The van der Waals surface area contributed by atoms with E-state index in [1.807, 2.05) is 30.3 Å². The average molecular weight is 659 g/mol. The van der Waals surface area contributed by atoms with Gasteiger partial charge >= 0.3 is 11.9 Å². The molecule has 7 N–H and O–H groups in total. The summed E-state index contributed by atoms with van der Waals surface area (Å²) >= 11 is 3.33. The van der Waals surface area contributed by atoms with Crippen molar-refractivity contribution in [1.29, 1.82) is 0 Å². The number of anilines is 1. The number of nitrogens with zero attached hydrogens (tertiary/aromatic N) is 5. The van der Waals surface area contributed by atoms with Crippen molar-refractivity contribution < 1.29 is 34.2 Å². The van der Waals surface area contributed by atoms with Crippen LogP contribution in [0.3, 0.4) is 0 Å². The van der Waals surface area contributed by atoms with E-state index in [-0.39, 0.29) is 47.4 Å². The maximum Gasteiger partial charge on any atom is 0.352 e. The Hall–Kier alpha value is -4.26. The van der Waals surface area contributed by atoms with E-state index in [1.54, 1.807) is 0 Å². The molecule has 3 aliphatic rings. The van der Waals surface area contributed by atoms with Gasteiger partial charge in [-0.2, -0.15) is 0 Å². The number of rotatable bonds is 13. The SMILES string of the molecule is Nc1nc(C(=NOCc2ccccc2)C(=O)N[C@@H]2C(=O)N3C(C(=O)O)=C(C(CCC(=O)O)SC4(N)N=CC=N4)CS[C@@H]23)cs1. The van der Waals surface area contributed by atoms with E-state index in [4.69, 9.17) is 16.3 Å². The topological polar surface area (TPSA) is 235 Å². The molecule has 15 nitrogen and oxygen atoms in total. The molecule has 0 spiro atoms. The number of thiazole rings is 1. The lowest BCUT2D eigenvalue weighted by atomic mass is 9.99. The Morgan fingerprint density at radius 3 is 2.59 bits per heavy atom. The summed E-state index contributed by atoms with van der Waals surface area (Å²) in [5, 5.41) is 24.9. The summed E-state index contributed by atoms with van der Waals surface area (Å²) in [5.74, 6) is -3.73. The van der Waals surface area contributed by atoms with Crippen molar-refractivity contribution in [3.63, 3.8) is 0 Å². The van der Waals surface area contributed by atoms with Crippen LogP contribution in [0.25, 0.3) is 0 Å². The number of aliphatic imine (C=N–C) groups is 2. The monoisotopic (exact) mass is 658 g/mol. The summed E-state index contributed by atoms with van der Waals surface area (Å²) in [6.07, 6.45) is 2.56. The van der Waals surface area contributed by atoms with Crippen LogP contribution in [0.2, 0.25) is 0 Å². The standard InChI is InChI=1S/C26H26N8O7S3/c27-25-31-15(12-43-25)18(33-41-10-13-4-2-1-3-5-13)21(37)32-19-22(38)34-20(24(39)40)14(11-42-23(19)34)16(6-7-17(35)36)44-26(28)29-8-9-30-26/h1-5,8-9,12,16,19,23H,6-7,10-11,28H2,(H2,27,31)(H,32,37)(H,35,36)(H,39,40)/t16?,19-,23+/m1/s1. The second-order valence-electron chi connectivity index (χ2n) is 9.56. The lowest BCUT2D eigenvalue weighted by Gasteiger charge is -2.50. The van der Waals surface area contributed by atoms with Gasteiger partial charge in [-0.25, -0.2) is 19.8 Å². The molecule has 0 saturated carbocycles. The highest BCUT2D eigenvalue weighted by Crippen LogP contribution is 2.45. The lowest BCUT2D eigenvalue weighted by molar-refractivity contribution is -0.150. The van der Waals surface area contributed by atoms with Gasteiger partial charge in [0.05, 0.1) is 0 Å². The molecule has 230 valence electrons. The summed E-state index contributed by atoms with van der Waals surface area (Å²) in [6.45, 7) is 0.0726. The van der Waals surface area contributed by atoms with Gasteiger partial charge in [-0.15, -0.1) is 23.1 Å². The van der Waals surface area contributed by atoms with Gasteiger partial charge in [0.1, 0.15) is 29.4 Å². The predicted octanol–water partition coefficient (Wildman–Crippen LogP) is 1.08. The van der Waals surface area contributed by atoms with E-state index in [0.29, 0.717) is 5.57 Å². The van der Waals surface area contributed by atoms with E-state index in [9.17, 15) is 29.4 Å². The number of hydrogen-bond acceptors (Lipinski definition) is 14. The fraction of sp³-hybridized carbons (Fsp3) is 0.308. The first-order valence-corrected chi connectivity index (χ1v) is 15.8. The van der Waals surface area contributed by atoms with E-state index in [2.05, 4.69) is 25.4 Å². The summed E-state index contributed by atoms with van der Waals surface area (Å²) < 4.78 is 0. The molecule has 1 aromatic carbocycles. The minimum Gasteiger partial charge on any atom is -0.481 e. The molecule has 44 heavy (non-hydrogen) atoms. The highest BCUT2D eigenvalue weighted by Gasteiger charge is 2.55. The zero-order valence-electron chi connectivity index (χ0n) is 22.7. The highest BCUT2D eigenvalue weighted by atomic mass is 32.2. The van der Waals surface area contributed by atoms with Crippen LogP contribution in [-0.2, 0) is 30.6 Å². The number of benzene rings is 1. The molecule has 5 rings (SSSR count). The summed E-state index contributed by atoms with van der Waals surface area (Å²) in [5.41, 5.74) is 12.8. The van der Waals surface area contributed by atoms with Crippen LogP contribution in [-0.4, -0.2) is 89.5 Å². The van der Waals surface area contributed by atoms with Crippen molar-refractivity contribution in [3.8, 4) is 0 Å². The molecule has 0 aliphatic carbocycles. The first kappa shape index (κ1) is 31.2. The van der Waals surface area contributed by atoms with Crippen LogP contribution >= 0.6 is 34.9 Å². The maximum absolute atomic E-state index is 13.4. The zero-order valence-corrected chi connectivity index (χ0v) is 25.2.